The number of nitrogens with zero attached hydrogens (tertiary/aromatic N) is 2. The van der Waals surface area contributed by atoms with Crippen molar-refractivity contribution in [2.75, 3.05) is 6.54 Å². The zero-order chi connectivity index (χ0) is 16.6. The molecule has 0 unspecified atom stereocenters. The molecular weight excluding hydrogens is 307 g/mol. The molecule has 4 nitrogen and oxygen atoms in total. The molecule has 3 rings (SSSR count). The molecular formula is C16H18F3N3O. The summed E-state index contributed by atoms with van der Waals surface area (Å²) in [6, 6.07) is 5.56. The van der Waals surface area contributed by atoms with Gasteiger partial charge in [-0.15, -0.1) is 0 Å². The van der Waals surface area contributed by atoms with E-state index in [1.54, 1.807) is 0 Å². The van der Waals surface area contributed by atoms with Gasteiger partial charge in [0.2, 0.25) is 5.91 Å². The number of carbonyl (C=O) groups excluding carboxylic acids is 1. The molecule has 23 heavy (non-hydrogen) atoms. The van der Waals surface area contributed by atoms with Crippen LogP contribution >= 0.6 is 0 Å². The quantitative estimate of drug-likeness (QED) is 0.931. The smallest absolute Gasteiger partial charge is 0.340 e. The molecule has 0 bridgehead atoms. The molecule has 1 aromatic heterocycles. The minimum absolute atomic E-state index is 0.261. The number of amides is 1. The first-order valence-electron chi connectivity index (χ1n) is 7.66. The van der Waals surface area contributed by atoms with Gasteiger partial charge in [-0.1, -0.05) is 6.07 Å². The van der Waals surface area contributed by atoms with Crippen molar-refractivity contribution >= 4 is 16.9 Å². The van der Waals surface area contributed by atoms with Gasteiger partial charge in [-0.2, -0.15) is 13.2 Å². The highest BCUT2D eigenvalue weighted by atomic mass is 19.4. The SMILES string of the molecule is Cc1ccc2nc([C@H]3CCCN3C(=O)CCC(F)(F)F)[nH]c2c1. The van der Waals surface area contributed by atoms with Gasteiger partial charge in [0, 0.05) is 13.0 Å². The Morgan fingerprint density at radius 1 is 1.43 bits per heavy atom. The number of benzene rings is 1. The van der Waals surface area contributed by atoms with Gasteiger partial charge in [0.05, 0.1) is 23.5 Å². The van der Waals surface area contributed by atoms with Crippen LogP contribution in [0.25, 0.3) is 11.0 Å². The molecule has 1 atom stereocenters. The van der Waals surface area contributed by atoms with E-state index in [1.165, 1.54) is 4.90 Å². The molecule has 0 radical (unpaired) electrons. The van der Waals surface area contributed by atoms with Crippen molar-refractivity contribution in [3.63, 3.8) is 0 Å². The predicted octanol–water partition coefficient (Wildman–Crippen LogP) is 3.88. The second kappa shape index (κ2) is 5.86. The van der Waals surface area contributed by atoms with Crippen LogP contribution in [0.1, 0.15) is 43.1 Å². The molecule has 0 aliphatic carbocycles. The number of nitrogens with one attached hydrogen (secondary N) is 1. The lowest BCUT2D eigenvalue weighted by Gasteiger charge is -2.23. The molecule has 1 aromatic carbocycles. The number of H-pyrrole nitrogens is 1. The fraction of sp³-hybridized carbons (Fsp3) is 0.500. The van der Waals surface area contributed by atoms with Crippen molar-refractivity contribution in [1.29, 1.82) is 0 Å². The van der Waals surface area contributed by atoms with Crippen molar-refractivity contribution < 1.29 is 18.0 Å². The highest BCUT2D eigenvalue weighted by Gasteiger charge is 2.34. The summed E-state index contributed by atoms with van der Waals surface area (Å²) < 4.78 is 36.9. The molecule has 0 spiro atoms. The summed E-state index contributed by atoms with van der Waals surface area (Å²) in [7, 11) is 0. The first kappa shape index (κ1) is 15.8. The molecule has 1 aliphatic heterocycles. The van der Waals surface area contributed by atoms with Gasteiger partial charge < -0.3 is 9.88 Å². The van der Waals surface area contributed by atoms with E-state index in [-0.39, 0.29) is 6.04 Å². The van der Waals surface area contributed by atoms with Crippen LogP contribution in [-0.4, -0.2) is 33.5 Å². The first-order chi connectivity index (χ1) is 10.8. The van der Waals surface area contributed by atoms with E-state index in [2.05, 4.69) is 9.97 Å². The van der Waals surface area contributed by atoms with Crippen molar-refractivity contribution in [1.82, 2.24) is 14.9 Å². The van der Waals surface area contributed by atoms with Gasteiger partial charge in [0.25, 0.3) is 0 Å². The molecule has 2 heterocycles. The van der Waals surface area contributed by atoms with E-state index in [4.69, 9.17) is 0 Å². The van der Waals surface area contributed by atoms with Gasteiger partial charge in [-0.3, -0.25) is 4.79 Å². The van der Waals surface area contributed by atoms with Crippen LogP contribution in [0.3, 0.4) is 0 Å². The monoisotopic (exact) mass is 325 g/mol. The van der Waals surface area contributed by atoms with Crippen molar-refractivity contribution in [2.45, 2.75) is 44.8 Å². The Kier molecular flexibility index (Phi) is 4.04. The summed E-state index contributed by atoms with van der Waals surface area (Å²) in [4.78, 5) is 21.4. The number of aromatic nitrogens is 2. The molecule has 1 amide bonds. The highest BCUT2D eigenvalue weighted by Crippen LogP contribution is 2.33. The number of rotatable bonds is 3. The Balaban J connectivity index is 1.78. The minimum Gasteiger partial charge on any atom is -0.340 e. The third-order valence-corrected chi connectivity index (χ3v) is 4.17. The van der Waals surface area contributed by atoms with Gasteiger partial charge >= 0.3 is 6.18 Å². The van der Waals surface area contributed by atoms with Gasteiger partial charge in [0.15, 0.2) is 0 Å². The number of hydrogen-bond donors (Lipinski definition) is 1. The molecule has 1 saturated heterocycles. The molecule has 1 fully saturated rings. The van der Waals surface area contributed by atoms with Crippen LogP contribution in [0.4, 0.5) is 13.2 Å². The Hall–Kier alpha value is -2.05. The van der Waals surface area contributed by atoms with Gasteiger partial charge in [0.1, 0.15) is 5.82 Å². The third-order valence-electron chi connectivity index (χ3n) is 4.17. The second-order valence-corrected chi connectivity index (χ2v) is 6.00. The standard InChI is InChI=1S/C16H18F3N3O/c1-10-4-5-11-12(9-10)21-15(20-11)13-3-2-8-22(13)14(23)6-7-16(17,18)19/h4-5,9,13H,2-3,6-8H2,1H3,(H,20,21)/t13-/m1/s1. The summed E-state index contributed by atoms with van der Waals surface area (Å²) in [5.41, 5.74) is 2.78. The van der Waals surface area contributed by atoms with Crippen LogP contribution in [0.2, 0.25) is 0 Å². The number of aromatic amines is 1. The summed E-state index contributed by atoms with van der Waals surface area (Å²) >= 11 is 0. The van der Waals surface area contributed by atoms with E-state index in [1.807, 2.05) is 25.1 Å². The highest BCUT2D eigenvalue weighted by molar-refractivity contribution is 5.78. The van der Waals surface area contributed by atoms with E-state index < -0.39 is 24.9 Å². The van der Waals surface area contributed by atoms with Crippen molar-refractivity contribution in [2.24, 2.45) is 0 Å². The number of carbonyl (C=O) groups is 1. The molecule has 124 valence electrons. The number of hydrogen-bond acceptors (Lipinski definition) is 2. The molecule has 1 N–H and O–H groups in total. The average molecular weight is 325 g/mol. The first-order valence-corrected chi connectivity index (χ1v) is 7.66. The van der Waals surface area contributed by atoms with Crippen LogP contribution in [0, 0.1) is 6.92 Å². The molecule has 0 saturated carbocycles. The third kappa shape index (κ3) is 3.48. The van der Waals surface area contributed by atoms with E-state index in [9.17, 15) is 18.0 Å². The number of likely N-dealkylation sites (tertiary alicyclic amines) is 1. The second-order valence-electron chi connectivity index (χ2n) is 6.00. The van der Waals surface area contributed by atoms with E-state index in [0.717, 1.165) is 29.4 Å². The van der Waals surface area contributed by atoms with Crippen molar-refractivity contribution in [3.05, 3.63) is 29.6 Å². The Bertz CT molecular complexity index is 723. The van der Waals surface area contributed by atoms with Gasteiger partial charge in [-0.05, 0) is 37.5 Å². The normalized spacial score (nSPS) is 18.8. The Labute approximate surface area is 131 Å². The van der Waals surface area contributed by atoms with Gasteiger partial charge in [-0.25, -0.2) is 4.98 Å². The van der Waals surface area contributed by atoms with E-state index >= 15 is 0 Å². The number of fused-ring (bicyclic) bond motifs is 1. The van der Waals surface area contributed by atoms with E-state index in [0.29, 0.717) is 12.4 Å². The lowest BCUT2D eigenvalue weighted by molar-refractivity contribution is -0.149. The van der Waals surface area contributed by atoms with Crippen LogP contribution in [0.5, 0.6) is 0 Å². The zero-order valence-electron chi connectivity index (χ0n) is 12.8. The minimum atomic E-state index is -4.30. The maximum absolute atomic E-state index is 12.3. The number of halogens is 3. The molecule has 1 aliphatic rings. The zero-order valence-corrected chi connectivity index (χ0v) is 12.8. The van der Waals surface area contributed by atoms with Crippen LogP contribution in [0.15, 0.2) is 18.2 Å². The Morgan fingerprint density at radius 2 is 2.22 bits per heavy atom. The number of aryl methyl sites for hydroxylation is 1. The van der Waals surface area contributed by atoms with Crippen LogP contribution in [-0.2, 0) is 4.79 Å². The molecule has 7 heteroatoms. The summed E-state index contributed by atoms with van der Waals surface area (Å²) in [6.45, 7) is 2.46. The maximum atomic E-state index is 12.3. The topological polar surface area (TPSA) is 49.0 Å². The maximum Gasteiger partial charge on any atom is 0.389 e. The average Bonchev–Trinajstić information content (AvgIpc) is 3.09. The molecule has 2 aromatic rings. The Morgan fingerprint density at radius 3 is 2.96 bits per heavy atom. The number of imidazole rings is 1. The fourth-order valence-corrected chi connectivity index (χ4v) is 3.04. The lowest BCUT2D eigenvalue weighted by Crippen LogP contribution is -2.31. The lowest BCUT2D eigenvalue weighted by atomic mass is 10.2. The summed E-state index contributed by atoms with van der Waals surface area (Å²) in [5, 5.41) is 0. The van der Waals surface area contributed by atoms with Crippen molar-refractivity contribution in [3.8, 4) is 0 Å². The summed E-state index contributed by atoms with van der Waals surface area (Å²) in [6.07, 6.45) is -4.38. The fourth-order valence-electron chi connectivity index (χ4n) is 3.04. The largest absolute Gasteiger partial charge is 0.389 e. The summed E-state index contributed by atoms with van der Waals surface area (Å²) in [5.74, 6) is 0.199. The predicted molar refractivity (Wildman–Crippen MR) is 79.8 cm³/mol. The van der Waals surface area contributed by atoms with Crippen LogP contribution < -0.4 is 0 Å². The number of alkyl halides is 3.